The van der Waals surface area contributed by atoms with E-state index in [2.05, 4.69) is 33.3 Å². The highest BCUT2D eigenvalue weighted by Crippen LogP contribution is 2.27. The summed E-state index contributed by atoms with van der Waals surface area (Å²) in [5.41, 5.74) is 0.551. The molecule has 1 fully saturated rings. The number of nitrogens with one attached hydrogen (secondary N) is 1. The Balaban J connectivity index is 1.92. The van der Waals surface area contributed by atoms with E-state index in [0.717, 1.165) is 13.0 Å². The molecule has 2 rings (SSSR count). The van der Waals surface area contributed by atoms with Crippen LogP contribution in [0.1, 0.15) is 20.3 Å². The minimum atomic E-state index is -0.483. The Hall–Kier alpha value is -0.920. The summed E-state index contributed by atoms with van der Waals surface area (Å²) in [6.45, 7) is 6.11. The largest absolute Gasteiger partial charge is 0.382 e. The van der Waals surface area contributed by atoms with Crippen LogP contribution in [0.4, 0.5) is 5.69 Å². The van der Waals surface area contributed by atoms with Gasteiger partial charge in [0.05, 0.1) is 25.1 Å². The van der Waals surface area contributed by atoms with Crippen LogP contribution in [0.2, 0.25) is 0 Å². The molecule has 1 N–H and O–H groups in total. The fourth-order valence-electron chi connectivity index (χ4n) is 2.30. The molecule has 0 bridgehead atoms. The maximum absolute atomic E-state index is 11.7. The molecule has 1 saturated heterocycles. The molecule has 7 heteroatoms. The van der Waals surface area contributed by atoms with Gasteiger partial charge in [-0.1, -0.05) is 6.92 Å². The Morgan fingerprint density at radius 2 is 2.20 bits per heavy atom. The van der Waals surface area contributed by atoms with Crippen LogP contribution in [0.3, 0.4) is 0 Å². The molecule has 20 heavy (non-hydrogen) atoms. The van der Waals surface area contributed by atoms with E-state index in [0.29, 0.717) is 29.3 Å². The highest BCUT2D eigenvalue weighted by atomic mass is 79.9. The molecule has 1 unspecified atom stereocenters. The summed E-state index contributed by atoms with van der Waals surface area (Å²) in [7, 11) is 1.62. The lowest BCUT2D eigenvalue weighted by Crippen LogP contribution is -2.30. The Kier molecular flexibility index (Phi) is 4.82. The van der Waals surface area contributed by atoms with Gasteiger partial charge in [-0.2, -0.15) is 5.10 Å². The van der Waals surface area contributed by atoms with E-state index in [9.17, 15) is 4.79 Å². The predicted octanol–water partition coefficient (Wildman–Crippen LogP) is 1.74. The van der Waals surface area contributed by atoms with E-state index >= 15 is 0 Å². The first-order chi connectivity index (χ1) is 9.41. The van der Waals surface area contributed by atoms with E-state index in [1.165, 1.54) is 4.68 Å². The van der Waals surface area contributed by atoms with Crippen LogP contribution in [0.25, 0.3) is 0 Å². The molecule has 112 valence electrons. The first kappa shape index (κ1) is 15.5. The molecule has 2 heterocycles. The van der Waals surface area contributed by atoms with Crippen molar-refractivity contribution in [3.63, 3.8) is 0 Å². The second-order valence-electron chi connectivity index (χ2n) is 5.32. The zero-order valence-electron chi connectivity index (χ0n) is 12.0. The van der Waals surface area contributed by atoms with Gasteiger partial charge in [0, 0.05) is 20.0 Å². The Morgan fingerprint density at radius 1 is 1.55 bits per heavy atom. The molecule has 0 spiro atoms. The van der Waals surface area contributed by atoms with Gasteiger partial charge in [0.2, 0.25) is 0 Å². The van der Waals surface area contributed by atoms with Crippen molar-refractivity contribution < 1.29 is 9.47 Å². The van der Waals surface area contributed by atoms with Gasteiger partial charge in [0.15, 0.2) is 5.79 Å². The number of nitrogens with zero attached hydrogens (tertiary/aromatic N) is 2. The van der Waals surface area contributed by atoms with Crippen molar-refractivity contribution in [3.8, 4) is 0 Å². The molecular formula is C13H20BrN3O3. The van der Waals surface area contributed by atoms with E-state index in [1.54, 1.807) is 13.2 Å². The first-order valence-electron chi connectivity index (χ1n) is 6.65. The second kappa shape index (κ2) is 6.24. The molecule has 0 aliphatic carbocycles. The molecule has 0 saturated carbocycles. The smallest absolute Gasteiger partial charge is 0.282 e. The summed E-state index contributed by atoms with van der Waals surface area (Å²) < 4.78 is 13.0. The fraction of sp³-hybridized carbons (Fsp3) is 0.692. The van der Waals surface area contributed by atoms with Gasteiger partial charge < -0.3 is 14.8 Å². The fourth-order valence-corrected chi connectivity index (χ4v) is 2.80. The zero-order valence-corrected chi connectivity index (χ0v) is 13.6. The van der Waals surface area contributed by atoms with Crippen LogP contribution >= 0.6 is 15.9 Å². The van der Waals surface area contributed by atoms with E-state index < -0.39 is 5.79 Å². The lowest BCUT2D eigenvalue weighted by atomic mass is 10.0. The van der Waals surface area contributed by atoms with Crippen LogP contribution in [-0.2, 0) is 16.5 Å². The van der Waals surface area contributed by atoms with Gasteiger partial charge in [0.25, 0.3) is 5.56 Å². The first-order valence-corrected chi connectivity index (χ1v) is 7.44. The molecule has 1 aliphatic rings. The summed E-state index contributed by atoms with van der Waals surface area (Å²) in [4.78, 5) is 11.7. The number of aromatic nitrogens is 2. The van der Waals surface area contributed by atoms with Crippen molar-refractivity contribution in [2.45, 2.75) is 26.1 Å². The Bertz CT molecular complexity index is 526. The van der Waals surface area contributed by atoms with Crippen LogP contribution < -0.4 is 10.9 Å². The normalized spacial score (nSPS) is 19.0. The Labute approximate surface area is 126 Å². The number of hydrogen-bond acceptors (Lipinski definition) is 5. The summed E-state index contributed by atoms with van der Waals surface area (Å²) in [6, 6.07) is 0. The molecule has 1 aromatic rings. The average Bonchev–Trinajstić information content (AvgIpc) is 2.81. The molecular weight excluding hydrogens is 326 g/mol. The van der Waals surface area contributed by atoms with Crippen LogP contribution in [-0.4, -0.2) is 35.3 Å². The number of hydrogen-bond donors (Lipinski definition) is 1. The van der Waals surface area contributed by atoms with Gasteiger partial charge >= 0.3 is 0 Å². The summed E-state index contributed by atoms with van der Waals surface area (Å²) in [5.74, 6) is -0.141. The van der Waals surface area contributed by atoms with Gasteiger partial charge in [-0.25, -0.2) is 4.68 Å². The van der Waals surface area contributed by atoms with Crippen LogP contribution in [0.5, 0.6) is 0 Å². The van der Waals surface area contributed by atoms with Gasteiger partial charge in [-0.15, -0.1) is 0 Å². The molecule has 0 amide bonds. The van der Waals surface area contributed by atoms with Crippen LogP contribution in [0.15, 0.2) is 15.5 Å². The SMILES string of the molecule is CC(CNc1cnn(C)c(=O)c1Br)CC1(C)OCCO1. The summed E-state index contributed by atoms with van der Waals surface area (Å²) in [6.07, 6.45) is 2.44. The third-order valence-electron chi connectivity index (χ3n) is 3.34. The molecule has 6 nitrogen and oxygen atoms in total. The number of aryl methyl sites for hydroxylation is 1. The topological polar surface area (TPSA) is 65.4 Å². The molecule has 0 aromatic carbocycles. The monoisotopic (exact) mass is 345 g/mol. The molecule has 1 aliphatic heterocycles. The van der Waals surface area contributed by atoms with E-state index in [4.69, 9.17) is 9.47 Å². The molecule has 1 aromatic heterocycles. The van der Waals surface area contributed by atoms with E-state index in [-0.39, 0.29) is 5.56 Å². The predicted molar refractivity (Wildman–Crippen MR) is 79.8 cm³/mol. The number of rotatable bonds is 5. The second-order valence-corrected chi connectivity index (χ2v) is 6.11. The minimum Gasteiger partial charge on any atom is -0.382 e. The summed E-state index contributed by atoms with van der Waals surface area (Å²) in [5, 5.41) is 7.23. The lowest BCUT2D eigenvalue weighted by Gasteiger charge is -2.26. The molecule has 1 atom stereocenters. The van der Waals surface area contributed by atoms with Crippen LogP contribution in [0, 0.1) is 5.92 Å². The number of halogens is 1. The summed E-state index contributed by atoms with van der Waals surface area (Å²) >= 11 is 3.29. The van der Waals surface area contributed by atoms with Crippen molar-refractivity contribution in [1.82, 2.24) is 9.78 Å². The van der Waals surface area contributed by atoms with Gasteiger partial charge in [0.1, 0.15) is 4.47 Å². The third kappa shape index (κ3) is 3.59. The molecule has 0 radical (unpaired) electrons. The maximum atomic E-state index is 11.7. The quantitative estimate of drug-likeness (QED) is 0.880. The van der Waals surface area contributed by atoms with Crippen molar-refractivity contribution in [2.24, 2.45) is 13.0 Å². The third-order valence-corrected chi connectivity index (χ3v) is 4.10. The maximum Gasteiger partial charge on any atom is 0.282 e. The highest BCUT2D eigenvalue weighted by molar-refractivity contribution is 9.10. The lowest BCUT2D eigenvalue weighted by molar-refractivity contribution is -0.153. The van der Waals surface area contributed by atoms with Crippen molar-refractivity contribution in [3.05, 3.63) is 21.0 Å². The van der Waals surface area contributed by atoms with Gasteiger partial charge in [-0.3, -0.25) is 4.79 Å². The van der Waals surface area contributed by atoms with Crippen molar-refractivity contribution >= 4 is 21.6 Å². The number of anilines is 1. The average molecular weight is 346 g/mol. The minimum absolute atomic E-state index is 0.155. The zero-order chi connectivity index (χ0) is 14.8. The highest BCUT2D eigenvalue weighted by Gasteiger charge is 2.32. The Morgan fingerprint density at radius 3 is 2.85 bits per heavy atom. The van der Waals surface area contributed by atoms with Gasteiger partial charge in [-0.05, 0) is 28.8 Å². The standard InChI is InChI=1S/C13H20BrN3O3/c1-9(6-13(2)19-4-5-20-13)7-15-10-8-16-17(3)12(18)11(10)14/h8-9,15H,4-7H2,1-3H3. The van der Waals surface area contributed by atoms with Crippen molar-refractivity contribution in [2.75, 3.05) is 25.1 Å². The van der Waals surface area contributed by atoms with E-state index in [1.807, 2.05) is 6.92 Å². The number of ether oxygens (including phenoxy) is 2. The van der Waals surface area contributed by atoms with Crippen molar-refractivity contribution in [1.29, 1.82) is 0 Å².